The number of hydrogen-bond acceptors (Lipinski definition) is 4. The van der Waals surface area contributed by atoms with Gasteiger partial charge in [-0.3, -0.25) is 0 Å². The lowest BCUT2D eigenvalue weighted by atomic mass is 10.2. The molecular formula is C11H10ClN3O2. The Hall–Kier alpha value is -1.88. The summed E-state index contributed by atoms with van der Waals surface area (Å²) in [5, 5.41) is 4.17. The van der Waals surface area contributed by atoms with E-state index in [0.717, 1.165) is 0 Å². The third-order valence-electron chi connectivity index (χ3n) is 2.09. The van der Waals surface area contributed by atoms with E-state index in [9.17, 15) is 4.79 Å². The first kappa shape index (κ1) is 11.6. The highest BCUT2D eigenvalue weighted by molar-refractivity contribution is 6.32. The van der Waals surface area contributed by atoms with Gasteiger partial charge in [0.1, 0.15) is 5.15 Å². The number of esters is 1. The van der Waals surface area contributed by atoms with E-state index in [1.165, 1.54) is 6.20 Å². The van der Waals surface area contributed by atoms with Crippen molar-refractivity contribution in [2.45, 2.75) is 6.92 Å². The fraction of sp³-hybridized carbons (Fsp3) is 0.182. The predicted octanol–water partition coefficient (Wildman–Crippen LogP) is 2.10. The summed E-state index contributed by atoms with van der Waals surface area (Å²) < 4.78 is 6.48. The van der Waals surface area contributed by atoms with E-state index >= 15 is 0 Å². The van der Waals surface area contributed by atoms with Crippen molar-refractivity contribution < 1.29 is 9.53 Å². The molecule has 0 N–H and O–H groups in total. The molecule has 2 aromatic rings. The van der Waals surface area contributed by atoms with Crippen LogP contribution in [0.3, 0.4) is 0 Å². The van der Waals surface area contributed by atoms with E-state index in [2.05, 4.69) is 10.1 Å². The maximum absolute atomic E-state index is 11.6. The molecule has 0 fully saturated rings. The van der Waals surface area contributed by atoms with Crippen molar-refractivity contribution in [1.82, 2.24) is 14.8 Å². The molecule has 2 heterocycles. The quantitative estimate of drug-likeness (QED) is 0.619. The van der Waals surface area contributed by atoms with Crippen LogP contribution in [0, 0.1) is 0 Å². The minimum absolute atomic E-state index is 0.124. The molecular weight excluding hydrogens is 242 g/mol. The van der Waals surface area contributed by atoms with Crippen LogP contribution in [0.1, 0.15) is 17.3 Å². The Labute approximate surface area is 103 Å². The first-order chi connectivity index (χ1) is 8.22. The summed E-state index contributed by atoms with van der Waals surface area (Å²) in [7, 11) is 0. The largest absolute Gasteiger partial charge is 0.462 e. The lowest BCUT2D eigenvalue weighted by Crippen LogP contribution is -2.08. The third kappa shape index (κ3) is 2.45. The topological polar surface area (TPSA) is 57.0 Å². The van der Waals surface area contributed by atoms with Crippen LogP contribution in [-0.2, 0) is 4.74 Å². The van der Waals surface area contributed by atoms with Crippen LogP contribution in [0.2, 0.25) is 5.15 Å². The zero-order valence-electron chi connectivity index (χ0n) is 9.13. The monoisotopic (exact) mass is 251 g/mol. The highest BCUT2D eigenvalue weighted by Crippen LogP contribution is 2.17. The number of pyridine rings is 1. The van der Waals surface area contributed by atoms with Gasteiger partial charge in [0.2, 0.25) is 0 Å². The maximum Gasteiger partial charge on any atom is 0.341 e. The van der Waals surface area contributed by atoms with Crippen molar-refractivity contribution >= 4 is 17.6 Å². The molecule has 2 aromatic heterocycles. The lowest BCUT2D eigenvalue weighted by Gasteiger charge is -2.06. The molecule has 0 saturated heterocycles. The Balaban J connectivity index is 2.39. The van der Waals surface area contributed by atoms with Crippen LogP contribution in [0.4, 0.5) is 0 Å². The van der Waals surface area contributed by atoms with Gasteiger partial charge in [-0.2, -0.15) is 5.10 Å². The third-order valence-corrected chi connectivity index (χ3v) is 2.39. The molecule has 0 spiro atoms. The Morgan fingerprint density at radius 1 is 1.59 bits per heavy atom. The molecule has 17 heavy (non-hydrogen) atoms. The zero-order chi connectivity index (χ0) is 12.3. The summed E-state index contributed by atoms with van der Waals surface area (Å²) in [6, 6.07) is 3.37. The molecule has 2 rings (SSSR count). The van der Waals surface area contributed by atoms with Crippen LogP contribution in [0.5, 0.6) is 0 Å². The number of carbonyl (C=O) groups is 1. The standard InChI is InChI=1S/C11H10ClN3O2/c1-2-17-11(16)9-6-8(7-13-10(9)12)15-5-3-4-14-15/h3-7H,2H2,1H3. The van der Waals surface area contributed by atoms with Gasteiger partial charge in [-0.05, 0) is 19.1 Å². The van der Waals surface area contributed by atoms with Gasteiger partial charge >= 0.3 is 5.97 Å². The van der Waals surface area contributed by atoms with E-state index < -0.39 is 5.97 Å². The van der Waals surface area contributed by atoms with Crippen molar-refractivity contribution in [3.8, 4) is 5.69 Å². The number of hydrogen-bond donors (Lipinski definition) is 0. The molecule has 0 bridgehead atoms. The van der Waals surface area contributed by atoms with Crippen LogP contribution in [0.25, 0.3) is 5.69 Å². The summed E-state index contributed by atoms with van der Waals surface area (Å²) in [5.41, 5.74) is 0.893. The van der Waals surface area contributed by atoms with Crippen molar-refractivity contribution in [2.75, 3.05) is 6.61 Å². The van der Waals surface area contributed by atoms with Crippen molar-refractivity contribution in [3.05, 3.63) is 41.4 Å². The first-order valence-electron chi connectivity index (χ1n) is 5.05. The second kappa shape index (κ2) is 4.97. The highest BCUT2D eigenvalue weighted by atomic mass is 35.5. The summed E-state index contributed by atoms with van der Waals surface area (Å²) in [4.78, 5) is 15.6. The predicted molar refractivity (Wildman–Crippen MR) is 62.3 cm³/mol. The smallest absolute Gasteiger partial charge is 0.341 e. The first-order valence-corrected chi connectivity index (χ1v) is 5.43. The molecule has 5 nitrogen and oxygen atoms in total. The van der Waals surface area contributed by atoms with Gasteiger partial charge in [0.25, 0.3) is 0 Å². The number of carbonyl (C=O) groups excluding carboxylic acids is 1. The van der Waals surface area contributed by atoms with E-state index in [1.807, 2.05) is 0 Å². The molecule has 0 unspecified atom stereocenters. The lowest BCUT2D eigenvalue weighted by molar-refractivity contribution is 0.0526. The van der Waals surface area contributed by atoms with Gasteiger partial charge in [0, 0.05) is 12.4 Å². The number of halogens is 1. The Morgan fingerprint density at radius 3 is 3.06 bits per heavy atom. The van der Waals surface area contributed by atoms with E-state index in [-0.39, 0.29) is 10.7 Å². The number of aromatic nitrogens is 3. The second-order valence-electron chi connectivity index (χ2n) is 3.20. The zero-order valence-corrected chi connectivity index (χ0v) is 9.89. The van der Waals surface area contributed by atoms with Crippen LogP contribution >= 0.6 is 11.6 Å². The Morgan fingerprint density at radius 2 is 2.41 bits per heavy atom. The molecule has 0 aliphatic heterocycles. The minimum atomic E-state index is -0.487. The minimum Gasteiger partial charge on any atom is -0.462 e. The van der Waals surface area contributed by atoms with Crippen molar-refractivity contribution in [1.29, 1.82) is 0 Å². The SMILES string of the molecule is CCOC(=O)c1cc(-n2cccn2)cnc1Cl. The van der Waals surface area contributed by atoms with Crippen molar-refractivity contribution in [3.63, 3.8) is 0 Å². The summed E-state index contributed by atoms with van der Waals surface area (Å²) in [6.07, 6.45) is 4.93. The van der Waals surface area contributed by atoms with Gasteiger partial charge in [0.05, 0.1) is 24.1 Å². The molecule has 88 valence electrons. The molecule has 0 amide bonds. The van der Waals surface area contributed by atoms with Gasteiger partial charge < -0.3 is 4.74 Å². The summed E-state index contributed by atoms with van der Waals surface area (Å²) >= 11 is 5.85. The van der Waals surface area contributed by atoms with Crippen LogP contribution in [-0.4, -0.2) is 27.3 Å². The Bertz CT molecular complexity index is 526. The number of rotatable bonds is 3. The average Bonchev–Trinajstić information content (AvgIpc) is 2.83. The molecule has 6 heteroatoms. The Kier molecular flexibility index (Phi) is 3.39. The molecule has 0 radical (unpaired) electrons. The van der Waals surface area contributed by atoms with Gasteiger partial charge in [-0.1, -0.05) is 11.6 Å². The van der Waals surface area contributed by atoms with Gasteiger partial charge in [0.15, 0.2) is 0 Å². The summed E-state index contributed by atoms with van der Waals surface area (Å²) in [6.45, 7) is 2.03. The van der Waals surface area contributed by atoms with Gasteiger partial charge in [-0.25, -0.2) is 14.5 Å². The maximum atomic E-state index is 11.6. The molecule has 0 aliphatic rings. The molecule has 0 saturated carbocycles. The van der Waals surface area contributed by atoms with E-state index in [0.29, 0.717) is 12.3 Å². The van der Waals surface area contributed by atoms with Gasteiger partial charge in [-0.15, -0.1) is 0 Å². The number of ether oxygens (including phenoxy) is 1. The fourth-order valence-electron chi connectivity index (χ4n) is 1.34. The van der Waals surface area contributed by atoms with Crippen molar-refractivity contribution in [2.24, 2.45) is 0 Å². The fourth-order valence-corrected chi connectivity index (χ4v) is 1.52. The normalized spacial score (nSPS) is 10.2. The summed E-state index contributed by atoms with van der Waals surface area (Å²) in [5.74, 6) is -0.487. The van der Waals surface area contributed by atoms with E-state index in [1.54, 1.807) is 36.1 Å². The molecule has 0 aliphatic carbocycles. The van der Waals surface area contributed by atoms with E-state index in [4.69, 9.17) is 16.3 Å². The molecule has 0 atom stereocenters. The molecule has 0 aromatic carbocycles. The van der Waals surface area contributed by atoms with Crippen LogP contribution < -0.4 is 0 Å². The average molecular weight is 252 g/mol. The van der Waals surface area contributed by atoms with Crippen LogP contribution in [0.15, 0.2) is 30.7 Å². The second-order valence-corrected chi connectivity index (χ2v) is 3.56. The highest BCUT2D eigenvalue weighted by Gasteiger charge is 2.14. The number of nitrogens with zero attached hydrogens (tertiary/aromatic N) is 3.